The smallest absolute Gasteiger partial charge is 0.0593 e. The first-order valence-corrected chi connectivity index (χ1v) is 5.73. The van der Waals surface area contributed by atoms with Crippen LogP contribution in [0.25, 0.3) is 0 Å². The van der Waals surface area contributed by atoms with Crippen molar-refractivity contribution in [3.05, 3.63) is 0 Å². The molecule has 2 unspecified atom stereocenters. The normalized spacial score (nSPS) is 24.2. The first-order valence-electron chi connectivity index (χ1n) is 5.73. The van der Waals surface area contributed by atoms with E-state index < -0.39 is 0 Å². The van der Waals surface area contributed by atoms with Crippen molar-refractivity contribution >= 4 is 0 Å². The molecule has 0 aromatic carbocycles. The minimum atomic E-state index is 0.606. The van der Waals surface area contributed by atoms with E-state index in [0.29, 0.717) is 12.1 Å². The van der Waals surface area contributed by atoms with Crippen LogP contribution in [0, 0.1) is 0 Å². The molecule has 0 aromatic rings. The molecule has 1 aliphatic rings. The third-order valence-electron chi connectivity index (χ3n) is 3.07. The molecule has 0 radical (unpaired) electrons. The van der Waals surface area contributed by atoms with Crippen LogP contribution < -0.4 is 5.32 Å². The van der Waals surface area contributed by atoms with Crippen LogP contribution in [-0.4, -0.2) is 50.3 Å². The van der Waals surface area contributed by atoms with Gasteiger partial charge in [0.25, 0.3) is 0 Å². The lowest BCUT2D eigenvalue weighted by molar-refractivity contribution is 0.130. The van der Waals surface area contributed by atoms with Gasteiger partial charge in [-0.2, -0.15) is 0 Å². The standard InChI is InChI=1S/C11H24N2O/c1-10(12-3)9-11(2)13-5-4-7-14-8-6-13/h10-12H,4-9H2,1-3H3. The van der Waals surface area contributed by atoms with E-state index in [0.717, 1.165) is 19.8 Å². The third-order valence-corrected chi connectivity index (χ3v) is 3.07. The number of nitrogens with zero attached hydrogens (tertiary/aromatic N) is 1. The number of hydrogen-bond donors (Lipinski definition) is 1. The lowest BCUT2D eigenvalue weighted by Gasteiger charge is -2.29. The molecule has 0 bridgehead atoms. The summed E-state index contributed by atoms with van der Waals surface area (Å²) in [7, 11) is 2.03. The molecule has 0 amide bonds. The summed E-state index contributed by atoms with van der Waals surface area (Å²) in [4.78, 5) is 2.54. The molecule has 1 aliphatic heterocycles. The SMILES string of the molecule is CNC(C)CC(C)N1CCCOCC1. The summed E-state index contributed by atoms with van der Waals surface area (Å²) < 4.78 is 5.45. The molecule has 1 fully saturated rings. The topological polar surface area (TPSA) is 24.5 Å². The van der Waals surface area contributed by atoms with Crippen LogP contribution in [-0.2, 0) is 4.74 Å². The molecule has 1 N–H and O–H groups in total. The Morgan fingerprint density at radius 1 is 1.29 bits per heavy atom. The number of ether oxygens (including phenoxy) is 1. The van der Waals surface area contributed by atoms with Gasteiger partial charge < -0.3 is 10.1 Å². The number of nitrogens with one attached hydrogen (secondary N) is 1. The van der Waals surface area contributed by atoms with Gasteiger partial charge in [0, 0.05) is 31.8 Å². The first-order chi connectivity index (χ1) is 6.74. The quantitative estimate of drug-likeness (QED) is 0.735. The zero-order valence-corrected chi connectivity index (χ0v) is 9.75. The zero-order valence-electron chi connectivity index (χ0n) is 9.75. The van der Waals surface area contributed by atoms with Gasteiger partial charge in [0.05, 0.1) is 6.61 Å². The number of hydrogen-bond acceptors (Lipinski definition) is 3. The van der Waals surface area contributed by atoms with Crippen LogP contribution in [0.3, 0.4) is 0 Å². The summed E-state index contributed by atoms with van der Waals surface area (Å²) in [6.07, 6.45) is 2.40. The minimum Gasteiger partial charge on any atom is -0.380 e. The summed E-state index contributed by atoms with van der Waals surface area (Å²) >= 11 is 0. The van der Waals surface area contributed by atoms with Gasteiger partial charge in [0.15, 0.2) is 0 Å². The molecule has 0 aromatic heterocycles. The molecule has 1 heterocycles. The summed E-state index contributed by atoms with van der Waals surface area (Å²) in [6.45, 7) is 8.68. The first kappa shape index (κ1) is 12.0. The van der Waals surface area contributed by atoms with Crippen molar-refractivity contribution in [2.75, 3.05) is 33.4 Å². The lowest BCUT2D eigenvalue weighted by atomic mass is 10.1. The van der Waals surface area contributed by atoms with Crippen LogP contribution in [0.2, 0.25) is 0 Å². The maximum Gasteiger partial charge on any atom is 0.0593 e. The van der Waals surface area contributed by atoms with E-state index in [9.17, 15) is 0 Å². The zero-order chi connectivity index (χ0) is 10.4. The van der Waals surface area contributed by atoms with Crippen molar-refractivity contribution in [3.8, 4) is 0 Å². The molecule has 84 valence electrons. The van der Waals surface area contributed by atoms with E-state index >= 15 is 0 Å². The van der Waals surface area contributed by atoms with Crippen LogP contribution in [0.5, 0.6) is 0 Å². The molecular weight excluding hydrogens is 176 g/mol. The maximum absolute atomic E-state index is 5.45. The fourth-order valence-corrected chi connectivity index (χ4v) is 1.98. The van der Waals surface area contributed by atoms with Crippen molar-refractivity contribution in [2.45, 2.75) is 38.8 Å². The molecule has 14 heavy (non-hydrogen) atoms. The van der Waals surface area contributed by atoms with Crippen LogP contribution in [0.15, 0.2) is 0 Å². The van der Waals surface area contributed by atoms with Gasteiger partial charge in [-0.05, 0) is 33.7 Å². The fraction of sp³-hybridized carbons (Fsp3) is 1.00. The van der Waals surface area contributed by atoms with Gasteiger partial charge in [0.1, 0.15) is 0 Å². The van der Waals surface area contributed by atoms with Gasteiger partial charge in [-0.3, -0.25) is 4.90 Å². The van der Waals surface area contributed by atoms with E-state index in [1.165, 1.54) is 19.4 Å². The summed E-state index contributed by atoms with van der Waals surface area (Å²) in [5, 5.41) is 3.29. The Kier molecular flexibility index (Phi) is 5.45. The van der Waals surface area contributed by atoms with Gasteiger partial charge in [-0.25, -0.2) is 0 Å². The Morgan fingerprint density at radius 3 is 2.79 bits per heavy atom. The largest absolute Gasteiger partial charge is 0.380 e. The van der Waals surface area contributed by atoms with Crippen molar-refractivity contribution in [3.63, 3.8) is 0 Å². The van der Waals surface area contributed by atoms with Crippen molar-refractivity contribution in [1.82, 2.24) is 10.2 Å². The minimum absolute atomic E-state index is 0.606. The van der Waals surface area contributed by atoms with Gasteiger partial charge in [0.2, 0.25) is 0 Å². The number of rotatable bonds is 4. The van der Waals surface area contributed by atoms with Gasteiger partial charge >= 0.3 is 0 Å². The molecule has 0 spiro atoms. The highest BCUT2D eigenvalue weighted by atomic mass is 16.5. The Labute approximate surface area is 87.8 Å². The molecule has 3 nitrogen and oxygen atoms in total. The lowest BCUT2D eigenvalue weighted by Crippen LogP contribution is -2.39. The average molecular weight is 200 g/mol. The van der Waals surface area contributed by atoms with E-state index in [2.05, 4.69) is 24.1 Å². The highest BCUT2D eigenvalue weighted by molar-refractivity contribution is 4.73. The van der Waals surface area contributed by atoms with E-state index in [1.807, 2.05) is 7.05 Å². The fourth-order valence-electron chi connectivity index (χ4n) is 1.98. The van der Waals surface area contributed by atoms with Crippen molar-refractivity contribution < 1.29 is 4.74 Å². The second kappa shape index (κ2) is 6.38. The van der Waals surface area contributed by atoms with Crippen LogP contribution >= 0.6 is 0 Å². The molecular formula is C11H24N2O. The Bertz CT molecular complexity index is 144. The second-order valence-corrected chi connectivity index (χ2v) is 4.28. The monoisotopic (exact) mass is 200 g/mol. The Hall–Kier alpha value is -0.120. The highest BCUT2D eigenvalue weighted by Crippen LogP contribution is 2.09. The average Bonchev–Trinajstić information content (AvgIpc) is 2.45. The molecule has 2 atom stereocenters. The molecule has 3 heteroatoms. The molecule has 0 aliphatic carbocycles. The van der Waals surface area contributed by atoms with Crippen LogP contribution in [0.1, 0.15) is 26.7 Å². The van der Waals surface area contributed by atoms with Gasteiger partial charge in [-0.15, -0.1) is 0 Å². The van der Waals surface area contributed by atoms with Crippen LogP contribution in [0.4, 0.5) is 0 Å². The van der Waals surface area contributed by atoms with E-state index in [-0.39, 0.29) is 0 Å². The second-order valence-electron chi connectivity index (χ2n) is 4.28. The Morgan fingerprint density at radius 2 is 2.07 bits per heavy atom. The van der Waals surface area contributed by atoms with E-state index in [1.54, 1.807) is 0 Å². The molecule has 0 saturated carbocycles. The predicted molar refractivity (Wildman–Crippen MR) is 59.6 cm³/mol. The van der Waals surface area contributed by atoms with E-state index in [4.69, 9.17) is 4.74 Å². The van der Waals surface area contributed by atoms with Crippen molar-refractivity contribution in [2.24, 2.45) is 0 Å². The molecule has 1 saturated heterocycles. The third kappa shape index (κ3) is 3.95. The van der Waals surface area contributed by atoms with Crippen molar-refractivity contribution in [1.29, 1.82) is 0 Å². The molecule has 1 rings (SSSR count). The summed E-state index contributed by atoms with van der Waals surface area (Å²) in [5.41, 5.74) is 0. The van der Waals surface area contributed by atoms with Gasteiger partial charge in [-0.1, -0.05) is 0 Å². The summed E-state index contributed by atoms with van der Waals surface area (Å²) in [5.74, 6) is 0. The Balaban J connectivity index is 2.30. The predicted octanol–water partition coefficient (Wildman–Crippen LogP) is 1.10. The summed E-state index contributed by atoms with van der Waals surface area (Å²) in [6, 6.07) is 1.27. The highest BCUT2D eigenvalue weighted by Gasteiger charge is 2.17. The maximum atomic E-state index is 5.45.